The molecule has 0 aliphatic heterocycles. The van der Waals surface area contributed by atoms with Crippen molar-refractivity contribution in [3.8, 4) is 22.6 Å². The van der Waals surface area contributed by atoms with E-state index in [2.05, 4.69) is 110 Å². The summed E-state index contributed by atoms with van der Waals surface area (Å²) in [4.78, 5) is 25.1. The van der Waals surface area contributed by atoms with Crippen LogP contribution in [0.5, 0.6) is 11.5 Å². The van der Waals surface area contributed by atoms with Gasteiger partial charge in [0.25, 0.3) is 0 Å². The molecule has 0 aromatic heterocycles. The molecule has 6 aromatic rings. The molecule has 3 unspecified atom stereocenters. The quantitative estimate of drug-likeness (QED) is 0.0702. The Labute approximate surface area is 331 Å². The van der Waals surface area contributed by atoms with Crippen molar-refractivity contribution < 1.29 is 28.5 Å². The Kier molecular flexibility index (Phi) is 9.44. The standard InChI is InChI=1S/C49H39ClO6/c1-2-46(51)55-27-25-53-34-20-15-31(16-21-34)49(44-13-7-5-10-37(44)38-11-6-8-14-45(38)49)32-17-22-35(23-18-32)54-26-28-56-48(52)43-30-42-36-9-3-4-12-39(36)47(43)40-24-19-33(50)29-41(40)42/h2-24,29,42-43,47H,1,25-28,30H2. The molecular formula is C49H39ClO6. The first-order valence-corrected chi connectivity index (χ1v) is 19.3. The van der Waals surface area contributed by atoms with Crippen molar-refractivity contribution in [3.63, 3.8) is 0 Å². The zero-order chi connectivity index (χ0) is 38.2. The van der Waals surface area contributed by atoms with Crippen LogP contribution < -0.4 is 9.47 Å². The lowest BCUT2D eigenvalue weighted by atomic mass is 9.59. The van der Waals surface area contributed by atoms with Gasteiger partial charge in [-0.05, 0) is 98.5 Å². The maximum Gasteiger partial charge on any atom is 0.330 e. The van der Waals surface area contributed by atoms with Crippen LogP contribution >= 0.6 is 11.6 Å². The Morgan fingerprint density at radius 1 is 0.625 bits per heavy atom. The molecule has 6 aromatic carbocycles. The predicted molar refractivity (Wildman–Crippen MR) is 217 cm³/mol. The Morgan fingerprint density at radius 3 is 1.77 bits per heavy atom. The number of rotatable bonds is 12. The minimum Gasteiger partial charge on any atom is -0.490 e. The maximum absolute atomic E-state index is 13.6. The van der Waals surface area contributed by atoms with Gasteiger partial charge in [-0.3, -0.25) is 4.79 Å². The molecule has 0 heterocycles. The summed E-state index contributed by atoms with van der Waals surface area (Å²) in [5.41, 5.74) is 11.2. The van der Waals surface area contributed by atoms with Crippen LogP contribution in [0.4, 0.5) is 0 Å². The molecule has 6 nitrogen and oxygen atoms in total. The Bertz CT molecular complexity index is 2410. The monoisotopic (exact) mass is 758 g/mol. The van der Waals surface area contributed by atoms with E-state index in [1.54, 1.807) is 0 Å². The Balaban J connectivity index is 0.918. The van der Waals surface area contributed by atoms with Crippen LogP contribution in [-0.4, -0.2) is 38.4 Å². The average Bonchev–Trinajstić information content (AvgIpc) is 3.55. The molecule has 0 N–H and O–H groups in total. The van der Waals surface area contributed by atoms with Gasteiger partial charge in [0.2, 0.25) is 0 Å². The number of fused-ring (bicyclic) bond motifs is 4. The first kappa shape index (κ1) is 35.6. The van der Waals surface area contributed by atoms with E-state index in [9.17, 15) is 9.59 Å². The summed E-state index contributed by atoms with van der Waals surface area (Å²) in [7, 11) is 0. The zero-order valence-electron chi connectivity index (χ0n) is 30.7. The van der Waals surface area contributed by atoms with Gasteiger partial charge < -0.3 is 18.9 Å². The van der Waals surface area contributed by atoms with Crippen molar-refractivity contribution in [2.45, 2.75) is 23.7 Å². The SMILES string of the molecule is C=CC(=O)OCCOc1ccc(C2(c3ccc(OCCOC(=O)C4CC5c6ccccc6C4c4ccc(Cl)cc45)cc3)c3ccccc3-c3ccccc32)cc1. The number of hydrogen-bond donors (Lipinski definition) is 0. The van der Waals surface area contributed by atoms with Crippen LogP contribution in [0.3, 0.4) is 0 Å². The largest absolute Gasteiger partial charge is 0.490 e. The molecule has 7 heteroatoms. The number of esters is 2. The molecule has 56 heavy (non-hydrogen) atoms. The summed E-state index contributed by atoms with van der Waals surface area (Å²) in [6, 6.07) is 47.9. The van der Waals surface area contributed by atoms with E-state index in [0.717, 1.165) is 17.2 Å². The molecule has 0 amide bonds. The third-order valence-corrected chi connectivity index (χ3v) is 11.8. The summed E-state index contributed by atoms with van der Waals surface area (Å²) in [6.07, 6.45) is 1.84. The van der Waals surface area contributed by atoms with E-state index in [-0.39, 0.29) is 50.2 Å². The second-order valence-corrected chi connectivity index (χ2v) is 14.8. The molecule has 0 saturated heterocycles. The summed E-state index contributed by atoms with van der Waals surface area (Å²) >= 11 is 6.40. The molecule has 3 atom stereocenters. The number of halogens is 1. The molecule has 0 fully saturated rings. The molecule has 4 aliphatic rings. The van der Waals surface area contributed by atoms with Gasteiger partial charge in [-0.1, -0.05) is 121 Å². The van der Waals surface area contributed by atoms with E-state index in [1.807, 2.05) is 36.4 Å². The van der Waals surface area contributed by atoms with E-state index < -0.39 is 11.4 Å². The van der Waals surface area contributed by atoms with Crippen LogP contribution in [0.2, 0.25) is 5.02 Å². The van der Waals surface area contributed by atoms with Crippen LogP contribution in [-0.2, 0) is 24.5 Å². The first-order chi connectivity index (χ1) is 27.5. The third-order valence-electron chi connectivity index (χ3n) is 11.5. The smallest absolute Gasteiger partial charge is 0.330 e. The fourth-order valence-corrected chi connectivity index (χ4v) is 9.46. The van der Waals surface area contributed by atoms with Gasteiger partial charge in [0.1, 0.15) is 37.9 Å². The van der Waals surface area contributed by atoms with Crippen LogP contribution in [0.15, 0.2) is 152 Å². The highest BCUT2D eigenvalue weighted by Crippen LogP contribution is 2.57. The highest BCUT2D eigenvalue weighted by atomic mass is 35.5. The van der Waals surface area contributed by atoms with Crippen LogP contribution in [0.25, 0.3) is 11.1 Å². The summed E-state index contributed by atoms with van der Waals surface area (Å²) in [5.74, 6) is 0.498. The van der Waals surface area contributed by atoms with E-state index in [1.165, 1.54) is 44.5 Å². The van der Waals surface area contributed by atoms with Gasteiger partial charge in [0.05, 0.1) is 11.3 Å². The van der Waals surface area contributed by atoms with E-state index in [0.29, 0.717) is 22.9 Å². The van der Waals surface area contributed by atoms with Gasteiger partial charge >= 0.3 is 11.9 Å². The lowest BCUT2D eigenvalue weighted by Gasteiger charge is -2.44. The number of carbonyl (C=O) groups excluding carboxylic acids is 2. The summed E-state index contributed by atoms with van der Waals surface area (Å²) < 4.78 is 23.0. The Hall–Kier alpha value is -6.11. The van der Waals surface area contributed by atoms with Crippen molar-refractivity contribution in [2.24, 2.45) is 5.92 Å². The third kappa shape index (κ3) is 6.05. The van der Waals surface area contributed by atoms with Gasteiger partial charge in [0.15, 0.2) is 0 Å². The van der Waals surface area contributed by atoms with Crippen molar-refractivity contribution in [2.75, 3.05) is 26.4 Å². The minimum atomic E-state index is -0.596. The fraction of sp³-hybridized carbons (Fsp3) is 0.184. The number of benzene rings is 6. The topological polar surface area (TPSA) is 71.1 Å². The van der Waals surface area contributed by atoms with Crippen molar-refractivity contribution in [1.82, 2.24) is 0 Å². The van der Waals surface area contributed by atoms with Crippen molar-refractivity contribution in [1.29, 1.82) is 0 Å². The van der Waals surface area contributed by atoms with Crippen LogP contribution in [0.1, 0.15) is 62.8 Å². The molecule has 10 rings (SSSR count). The lowest BCUT2D eigenvalue weighted by Crippen LogP contribution is -2.37. The highest BCUT2D eigenvalue weighted by Gasteiger charge is 2.48. The van der Waals surface area contributed by atoms with Crippen molar-refractivity contribution in [3.05, 3.63) is 202 Å². The Morgan fingerprint density at radius 2 is 1.16 bits per heavy atom. The molecular weight excluding hydrogens is 720 g/mol. The summed E-state index contributed by atoms with van der Waals surface area (Å²) in [5, 5.41) is 0.717. The first-order valence-electron chi connectivity index (χ1n) is 19.0. The highest BCUT2D eigenvalue weighted by molar-refractivity contribution is 6.30. The molecule has 0 spiro atoms. The van der Waals surface area contributed by atoms with Crippen LogP contribution in [0, 0.1) is 5.92 Å². The maximum atomic E-state index is 13.6. The lowest BCUT2D eigenvalue weighted by molar-refractivity contribution is -0.150. The molecule has 278 valence electrons. The van der Waals surface area contributed by atoms with Gasteiger partial charge in [-0.15, -0.1) is 0 Å². The molecule has 2 bridgehead atoms. The second kappa shape index (κ2) is 14.9. The predicted octanol–water partition coefficient (Wildman–Crippen LogP) is 10.0. The normalized spacial score (nSPS) is 17.8. The molecule has 4 aliphatic carbocycles. The van der Waals surface area contributed by atoms with E-state index >= 15 is 0 Å². The average molecular weight is 759 g/mol. The van der Waals surface area contributed by atoms with Gasteiger partial charge in [-0.2, -0.15) is 0 Å². The number of ether oxygens (including phenoxy) is 4. The van der Waals surface area contributed by atoms with Gasteiger partial charge in [0, 0.05) is 22.9 Å². The molecule has 0 radical (unpaired) electrons. The van der Waals surface area contributed by atoms with E-state index in [4.69, 9.17) is 30.5 Å². The fourth-order valence-electron chi connectivity index (χ4n) is 9.28. The zero-order valence-corrected chi connectivity index (χ0v) is 31.4. The molecule has 0 saturated carbocycles. The summed E-state index contributed by atoms with van der Waals surface area (Å²) in [6.45, 7) is 4.18. The number of carbonyl (C=O) groups is 2. The second-order valence-electron chi connectivity index (χ2n) is 14.4. The van der Waals surface area contributed by atoms with Crippen molar-refractivity contribution >= 4 is 23.5 Å². The number of hydrogen-bond acceptors (Lipinski definition) is 6. The van der Waals surface area contributed by atoms with Gasteiger partial charge in [-0.25, -0.2) is 4.79 Å². The minimum absolute atomic E-state index is 0.0553.